The van der Waals surface area contributed by atoms with Crippen LogP contribution in [0.4, 0.5) is 0 Å². The molecule has 1 aliphatic carbocycles. The van der Waals surface area contributed by atoms with Crippen LogP contribution in [0, 0.1) is 5.92 Å². The van der Waals surface area contributed by atoms with Crippen molar-refractivity contribution in [1.82, 2.24) is 10.3 Å². The van der Waals surface area contributed by atoms with Crippen molar-refractivity contribution in [2.45, 2.75) is 45.1 Å². The van der Waals surface area contributed by atoms with Gasteiger partial charge in [-0.25, -0.2) is 8.42 Å². The second-order valence-corrected chi connectivity index (χ2v) is 10.8. The van der Waals surface area contributed by atoms with Gasteiger partial charge >= 0.3 is 0 Å². The van der Waals surface area contributed by atoms with Gasteiger partial charge in [0, 0.05) is 28.4 Å². The van der Waals surface area contributed by atoms with Gasteiger partial charge < -0.3 is 10.3 Å². The topological polar surface area (TPSA) is 96.1 Å². The fourth-order valence-electron chi connectivity index (χ4n) is 4.61. The summed E-state index contributed by atoms with van der Waals surface area (Å²) in [7, 11) is -3.05. The van der Waals surface area contributed by atoms with Gasteiger partial charge in [-0.2, -0.15) is 0 Å². The second-order valence-electron chi connectivity index (χ2n) is 8.56. The Balaban J connectivity index is 1.71. The molecule has 7 heteroatoms. The first-order chi connectivity index (χ1) is 12.6. The van der Waals surface area contributed by atoms with E-state index in [1.54, 1.807) is 6.07 Å². The van der Waals surface area contributed by atoms with Crippen molar-refractivity contribution < 1.29 is 18.0 Å². The molecule has 2 atom stereocenters. The van der Waals surface area contributed by atoms with Crippen molar-refractivity contribution in [3.05, 3.63) is 35.0 Å². The van der Waals surface area contributed by atoms with Gasteiger partial charge in [-0.1, -0.05) is 20.8 Å². The first-order valence-electron chi connectivity index (χ1n) is 9.29. The van der Waals surface area contributed by atoms with Gasteiger partial charge in [0.2, 0.25) is 0 Å². The van der Waals surface area contributed by atoms with E-state index in [4.69, 9.17) is 0 Å². The van der Waals surface area contributed by atoms with Gasteiger partial charge in [0.1, 0.15) is 0 Å². The van der Waals surface area contributed by atoms with E-state index in [-0.39, 0.29) is 40.6 Å². The Bertz CT molecular complexity index is 1070. The summed E-state index contributed by atoms with van der Waals surface area (Å²) < 4.78 is 23.2. The molecule has 0 spiro atoms. The maximum atomic E-state index is 12.6. The third-order valence-corrected chi connectivity index (χ3v) is 7.58. The number of benzene rings is 1. The molecule has 1 fully saturated rings. The summed E-state index contributed by atoms with van der Waals surface area (Å²) in [6.07, 6.45) is 1.22. The zero-order valence-corrected chi connectivity index (χ0v) is 16.6. The summed E-state index contributed by atoms with van der Waals surface area (Å²) in [6, 6.07) is 5.01. The number of hydrogen-bond donors (Lipinski definition) is 2. The molecule has 1 aromatic heterocycles. The third-order valence-electron chi connectivity index (χ3n) is 5.82. The summed E-state index contributed by atoms with van der Waals surface area (Å²) in [5.41, 5.74) is 2.77. The van der Waals surface area contributed by atoms with Crippen LogP contribution in [-0.4, -0.2) is 42.6 Å². The summed E-state index contributed by atoms with van der Waals surface area (Å²) in [4.78, 5) is 28.5. The predicted molar refractivity (Wildman–Crippen MR) is 104 cm³/mol. The molecule has 0 saturated carbocycles. The first-order valence-corrected chi connectivity index (χ1v) is 11.1. The molecule has 2 N–H and O–H groups in total. The highest BCUT2D eigenvalue weighted by Gasteiger charge is 2.39. The Morgan fingerprint density at radius 2 is 2.04 bits per heavy atom. The molecule has 0 bridgehead atoms. The van der Waals surface area contributed by atoms with E-state index < -0.39 is 9.84 Å². The van der Waals surface area contributed by atoms with Crippen LogP contribution in [0.2, 0.25) is 0 Å². The van der Waals surface area contributed by atoms with Crippen molar-refractivity contribution in [2.75, 3.05) is 11.5 Å². The van der Waals surface area contributed by atoms with Crippen LogP contribution >= 0.6 is 0 Å². The summed E-state index contributed by atoms with van der Waals surface area (Å²) in [6.45, 7) is 6.20. The lowest BCUT2D eigenvalue weighted by atomic mass is 9.70. The number of amides is 1. The Morgan fingerprint density at radius 1 is 1.30 bits per heavy atom. The number of aromatic amines is 1. The van der Waals surface area contributed by atoms with Crippen LogP contribution in [0.1, 0.15) is 60.0 Å². The maximum absolute atomic E-state index is 12.6. The summed E-state index contributed by atoms with van der Waals surface area (Å²) in [5.74, 6) is -0.0749. The van der Waals surface area contributed by atoms with Gasteiger partial charge in [0.15, 0.2) is 15.6 Å². The highest BCUT2D eigenvalue weighted by molar-refractivity contribution is 7.91. The van der Waals surface area contributed by atoms with Crippen LogP contribution in [0.25, 0.3) is 10.9 Å². The van der Waals surface area contributed by atoms with E-state index >= 15 is 0 Å². The molecule has 1 aliphatic heterocycles. The molecule has 2 aliphatic rings. The van der Waals surface area contributed by atoms with E-state index in [0.29, 0.717) is 17.7 Å². The molecule has 1 aromatic carbocycles. The highest BCUT2D eigenvalue weighted by Crippen LogP contribution is 2.43. The van der Waals surface area contributed by atoms with E-state index in [1.807, 2.05) is 19.1 Å². The largest absolute Gasteiger partial charge is 0.352 e. The van der Waals surface area contributed by atoms with E-state index in [1.165, 1.54) is 0 Å². The van der Waals surface area contributed by atoms with Crippen molar-refractivity contribution in [1.29, 1.82) is 0 Å². The molecule has 2 unspecified atom stereocenters. The zero-order chi connectivity index (χ0) is 19.6. The van der Waals surface area contributed by atoms with Crippen molar-refractivity contribution in [3.8, 4) is 0 Å². The molecule has 1 amide bonds. The maximum Gasteiger partial charge on any atom is 0.251 e. The van der Waals surface area contributed by atoms with Gasteiger partial charge in [0.25, 0.3) is 5.91 Å². The average molecular weight is 388 g/mol. The number of hydrogen-bond acceptors (Lipinski definition) is 4. The summed E-state index contributed by atoms with van der Waals surface area (Å²) in [5, 5.41) is 3.72. The minimum Gasteiger partial charge on any atom is -0.352 e. The molecule has 4 rings (SSSR count). The van der Waals surface area contributed by atoms with Gasteiger partial charge in [-0.05, 0) is 42.0 Å². The number of ketones is 1. The number of H-pyrrole nitrogens is 1. The minimum atomic E-state index is -3.05. The summed E-state index contributed by atoms with van der Waals surface area (Å²) >= 11 is 0. The Hall–Kier alpha value is -2.15. The number of carbonyl (C=O) groups excluding carboxylic acids is 2. The SMILES string of the molecule is CC1CC(C)(C)c2c([nH]c3ccc(C(=O)NC4CCS(=O)(=O)C4)cc23)C1=O. The van der Waals surface area contributed by atoms with Crippen molar-refractivity contribution in [3.63, 3.8) is 0 Å². The molecule has 2 heterocycles. The number of nitrogens with one attached hydrogen (secondary N) is 2. The Labute approximate surface area is 158 Å². The van der Waals surface area contributed by atoms with E-state index in [2.05, 4.69) is 24.1 Å². The van der Waals surface area contributed by atoms with Crippen LogP contribution in [0.15, 0.2) is 18.2 Å². The predicted octanol–water partition coefficient (Wildman–Crippen LogP) is 2.58. The number of sulfone groups is 1. The molecule has 6 nitrogen and oxygen atoms in total. The second kappa shape index (κ2) is 5.92. The minimum absolute atomic E-state index is 0.0000411. The Kier molecular flexibility index (Phi) is 4.00. The quantitative estimate of drug-likeness (QED) is 0.826. The lowest BCUT2D eigenvalue weighted by Crippen LogP contribution is -2.35. The molecule has 144 valence electrons. The standard InChI is InChI=1S/C20H24N2O4S/c1-11-9-20(2,3)16-14-8-12(4-5-15(14)22-17(16)18(11)23)19(24)21-13-6-7-27(25,26)10-13/h4-5,8,11,13,22H,6-7,9-10H2,1-3H3,(H,21,24). The Morgan fingerprint density at radius 3 is 2.70 bits per heavy atom. The van der Waals surface area contributed by atoms with E-state index in [9.17, 15) is 18.0 Å². The van der Waals surface area contributed by atoms with Crippen molar-refractivity contribution >= 4 is 32.4 Å². The van der Waals surface area contributed by atoms with Gasteiger partial charge in [-0.3, -0.25) is 9.59 Å². The zero-order valence-electron chi connectivity index (χ0n) is 15.8. The first kappa shape index (κ1) is 18.2. The van der Waals surface area contributed by atoms with Crippen LogP contribution < -0.4 is 5.32 Å². The average Bonchev–Trinajstić information content (AvgIpc) is 3.12. The third kappa shape index (κ3) is 3.08. The molecule has 0 radical (unpaired) electrons. The number of rotatable bonds is 2. The van der Waals surface area contributed by atoms with Gasteiger partial charge in [-0.15, -0.1) is 0 Å². The monoisotopic (exact) mass is 388 g/mol. The fraction of sp³-hybridized carbons (Fsp3) is 0.500. The molecular weight excluding hydrogens is 364 g/mol. The highest BCUT2D eigenvalue weighted by atomic mass is 32.2. The van der Waals surface area contributed by atoms with Crippen LogP contribution in [0.5, 0.6) is 0 Å². The smallest absolute Gasteiger partial charge is 0.251 e. The number of fused-ring (bicyclic) bond motifs is 3. The lowest BCUT2D eigenvalue weighted by molar-refractivity contribution is 0.0883. The lowest BCUT2D eigenvalue weighted by Gasteiger charge is -2.33. The number of carbonyl (C=O) groups is 2. The normalized spacial score (nSPS) is 26.1. The van der Waals surface area contributed by atoms with Gasteiger partial charge in [0.05, 0.1) is 17.2 Å². The van der Waals surface area contributed by atoms with E-state index in [0.717, 1.165) is 22.9 Å². The molecule has 1 saturated heterocycles. The van der Waals surface area contributed by atoms with Crippen LogP contribution in [-0.2, 0) is 15.3 Å². The van der Waals surface area contributed by atoms with Crippen LogP contribution in [0.3, 0.4) is 0 Å². The number of aromatic nitrogens is 1. The number of Topliss-reactive ketones (excluding diaryl/α,β-unsaturated/α-hetero) is 1. The molecule has 2 aromatic rings. The van der Waals surface area contributed by atoms with Crippen molar-refractivity contribution in [2.24, 2.45) is 5.92 Å². The fourth-order valence-corrected chi connectivity index (χ4v) is 6.28. The molecular formula is C20H24N2O4S. The molecule has 27 heavy (non-hydrogen) atoms.